The Hall–Kier alpha value is -2.26. The fourth-order valence-corrected chi connectivity index (χ4v) is 3.23. The molecule has 2 aromatic carbocycles. The number of methoxy groups -OCH3 is 1. The summed E-state index contributed by atoms with van der Waals surface area (Å²) in [4.78, 5) is -0.211. The van der Waals surface area contributed by atoms with Gasteiger partial charge < -0.3 is 9.47 Å². The number of sulfonamides is 1. The number of hydrogen-bond donors (Lipinski definition) is 0. The maximum Gasteiger partial charge on any atom is 0.416 e. The Morgan fingerprint density at radius 2 is 1.50 bits per heavy atom. The summed E-state index contributed by atoms with van der Waals surface area (Å²) in [6.07, 6.45) is -4.51. The Bertz CT molecular complexity index is 819. The van der Waals surface area contributed by atoms with Gasteiger partial charge in [-0.1, -0.05) is 0 Å². The predicted molar refractivity (Wildman–Crippen MR) is 89.7 cm³/mol. The highest BCUT2D eigenvalue weighted by molar-refractivity contribution is 7.89. The van der Waals surface area contributed by atoms with E-state index in [1.54, 1.807) is 24.3 Å². The van der Waals surface area contributed by atoms with Crippen molar-refractivity contribution in [3.63, 3.8) is 0 Å². The molecule has 0 aliphatic carbocycles. The van der Waals surface area contributed by atoms with Gasteiger partial charge in [0.15, 0.2) is 0 Å². The van der Waals surface area contributed by atoms with Crippen LogP contribution in [0.25, 0.3) is 0 Å². The number of nitrogens with zero attached hydrogens (tertiary/aromatic N) is 1. The SMILES string of the molecule is COc1ccc(OCCN(C)S(=O)(=O)c2ccc(C(F)(F)F)cc2)cc1. The van der Waals surface area contributed by atoms with E-state index in [4.69, 9.17) is 9.47 Å². The van der Waals surface area contributed by atoms with Gasteiger partial charge in [-0.05, 0) is 48.5 Å². The molecule has 9 heteroatoms. The molecule has 2 rings (SSSR count). The van der Waals surface area contributed by atoms with Crippen molar-refractivity contribution in [3.8, 4) is 11.5 Å². The zero-order chi connectivity index (χ0) is 19.4. The lowest BCUT2D eigenvalue weighted by Crippen LogP contribution is -2.31. The van der Waals surface area contributed by atoms with E-state index in [0.717, 1.165) is 28.6 Å². The summed E-state index contributed by atoms with van der Waals surface area (Å²) in [5.41, 5.74) is -0.901. The van der Waals surface area contributed by atoms with Gasteiger partial charge >= 0.3 is 6.18 Å². The van der Waals surface area contributed by atoms with Crippen molar-refractivity contribution in [1.82, 2.24) is 4.31 Å². The van der Waals surface area contributed by atoms with E-state index in [1.807, 2.05) is 0 Å². The van der Waals surface area contributed by atoms with Gasteiger partial charge in [-0.15, -0.1) is 0 Å². The van der Waals surface area contributed by atoms with Crippen molar-refractivity contribution in [1.29, 1.82) is 0 Å². The van der Waals surface area contributed by atoms with Crippen LogP contribution in [0.4, 0.5) is 13.2 Å². The summed E-state index contributed by atoms with van der Waals surface area (Å²) >= 11 is 0. The maximum absolute atomic E-state index is 12.6. The van der Waals surface area contributed by atoms with Gasteiger partial charge in [0.05, 0.1) is 17.6 Å². The first-order valence-corrected chi connectivity index (χ1v) is 8.99. The second-order valence-electron chi connectivity index (χ2n) is 5.37. The first-order chi connectivity index (χ1) is 12.1. The highest BCUT2D eigenvalue weighted by atomic mass is 32.2. The molecule has 0 saturated heterocycles. The second kappa shape index (κ2) is 7.96. The third kappa shape index (κ3) is 4.89. The molecule has 0 aliphatic heterocycles. The monoisotopic (exact) mass is 389 g/mol. The lowest BCUT2D eigenvalue weighted by Gasteiger charge is -2.18. The van der Waals surface area contributed by atoms with Crippen LogP contribution in [0.5, 0.6) is 11.5 Å². The van der Waals surface area contributed by atoms with Gasteiger partial charge in [0.2, 0.25) is 10.0 Å². The first-order valence-electron chi connectivity index (χ1n) is 7.55. The number of halogens is 3. The number of ether oxygens (including phenoxy) is 2. The standard InChI is InChI=1S/C17H18F3NO4S/c1-21(11-12-25-15-7-5-14(24-2)6-8-15)26(22,23)16-9-3-13(4-10-16)17(18,19)20/h3-10H,11-12H2,1-2H3. The minimum Gasteiger partial charge on any atom is -0.497 e. The molecule has 0 atom stereocenters. The minimum atomic E-state index is -4.51. The van der Waals surface area contributed by atoms with E-state index in [9.17, 15) is 21.6 Å². The van der Waals surface area contributed by atoms with E-state index < -0.39 is 21.8 Å². The molecule has 0 amide bonds. The van der Waals surface area contributed by atoms with Crippen LogP contribution >= 0.6 is 0 Å². The topological polar surface area (TPSA) is 55.8 Å². The smallest absolute Gasteiger partial charge is 0.416 e. The summed E-state index contributed by atoms with van der Waals surface area (Å²) in [6, 6.07) is 10.2. The molecule has 0 radical (unpaired) electrons. The normalized spacial score (nSPS) is 12.2. The van der Waals surface area contributed by atoms with E-state index in [1.165, 1.54) is 14.2 Å². The zero-order valence-corrected chi connectivity index (χ0v) is 15.0. The fraction of sp³-hybridized carbons (Fsp3) is 0.294. The quantitative estimate of drug-likeness (QED) is 0.728. The van der Waals surface area contributed by atoms with Crippen LogP contribution in [0.1, 0.15) is 5.56 Å². The zero-order valence-electron chi connectivity index (χ0n) is 14.2. The van der Waals surface area contributed by atoms with Gasteiger partial charge in [0.25, 0.3) is 0 Å². The minimum absolute atomic E-state index is 0.0371. The van der Waals surface area contributed by atoms with Crippen LogP contribution in [0, 0.1) is 0 Å². The molecule has 26 heavy (non-hydrogen) atoms. The highest BCUT2D eigenvalue weighted by Gasteiger charge is 2.31. The van der Waals surface area contributed by atoms with Gasteiger partial charge in [-0.3, -0.25) is 0 Å². The van der Waals surface area contributed by atoms with Gasteiger partial charge in [0.1, 0.15) is 18.1 Å². The van der Waals surface area contributed by atoms with Crippen molar-refractivity contribution >= 4 is 10.0 Å². The molecule has 5 nitrogen and oxygen atoms in total. The Kier molecular flexibility index (Phi) is 6.14. The molecule has 142 valence electrons. The summed E-state index contributed by atoms with van der Waals surface area (Å²) in [5, 5.41) is 0. The number of alkyl halides is 3. The van der Waals surface area contributed by atoms with E-state index >= 15 is 0 Å². The van der Waals surface area contributed by atoms with Crippen LogP contribution in [-0.2, 0) is 16.2 Å². The highest BCUT2D eigenvalue weighted by Crippen LogP contribution is 2.30. The second-order valence-corrected chi connectivity index (χ2v) is 7.42. The summed E-state index contributed by atoms with van der Waals surface area (Å²) in [5.74, 6) is 1.21. The molecular formula is C17H18F3NO4S. The first kappa shape index (κ1) is 20.1. The van der Waals surface area contributed by atoms with Crippen molar-refractivity contribution in [2.75, 3.05) is 27.3 Å². The average molecular weight is 389 g/mol. The van der Waals surface area contributed by atoms with Crippen LogP contribution in [0.2, 0.25) is 0 Å². The molecule has 0 bridgehead atoms. The molecule has 0 spiro atoms. The number of likely N-dealkylation sites (N-methyl/N-ethyl adjacent to an activating group) is 1. The Morgan fingerprint density at radius 3 is 2.00 bits per heavy atom. The molecule has 0 N–H and O–H groups in total. The van der Waals surface area contributed by atoms with Crippen molar-refractivity contribution in [2.45, 2.75) is 11.1 Å². The predicted octanol–water partition coefficient (Wildman–Crippen LogP) is 3.41. The van der Waals surface area contributed by atoms with Crippen LogP contribution in [0.15, 0.2) is 53.4 Å². The molecular weight excluding hydrogens is 371 g/mol. The summed E-state index contributed by atoms with van der Waals surface area (Å²) < 4.78 is 74.0. The van der Waals surface area contributed by atoms with Gasteiger partial charge in [0, 0.05) is 13.6 Å². The van der Waals surface area contributed by atoms with E-state index in [-0.39, 0.29) is 18.0 Å². The van der Waals surface area contributed by atoms with Crippen molar-refractivity contribution in [2.24, 2.45) is 0 Å². The largest absolute Gasteiger partial charge is 0.497 e. The van der Waals surface area contributed by atoms with Crippen LogP contribution in [0.3, 0.4) is 0 Å². The molecule has 0 aromatic heterocycles. The molecule has 0 heterocycles. The third-order valence-corrected chi connectivity index (χ3v) is 5.50. The lowest BCUT2D eigenvalue weighted by atomic mass is 10.2. The number of rotatable bonds is 7. The molecule has 0 aliphatic rings. The van der Waals surface area contributed by atoms with Crippen molar-refractivity contribution in [3.05, 3.63) is 54.1 Å². The fourth-order valence-electron chi connectivity index (χ4n) is 2.08. The average Bonchev–Trinajstić information content (AvgIpc) is 2.61. The lowest BCUT2D eigenvalue weighted by molar-refractivity contribution is -0.137. The summed E-state index contributed by atoms with van der Waals surface area (Å²) in [6.45, 7) is 0.123. The van der Waals surface area contributed by atoms with E-state index in [0.29, 0.717) is 11.5 Å². The third-order valence-electron chi connectivity index (χ3n) is 3.62. The molecule has 2 aromatic rings. The Labute approximate surface area is 150 Å². The van der Waals surface area contributed by atoms with Crippen LogP contribution in [-0.4, -0.2) is 40.0 Å². The van der Waals surface area contributed by atoms with Crippen LogP contribution < -0.4 is 9.47 Å². The molecule has 0 unspecified atom stereocenters. The summed E-state index contributed by atoms with van der Waals surface area (Å²) in [7, 11) is -1.02. The molecule has 0 saturated carbocycles. The number of benzene rings is 2. The van der Waals surface area contributed by atoms with Crippen molar-refractivity contribution < 1.29 is 31.1 Å². The number of hydrogen-bond acceptors (Lipinski definition) is 4. The maximum atomic E-state index is 12.6. The Morgan fingerprint density at radius 1 is 0.962 bits per heavy atom. The Balaban J connectivity index is 1.97. The molecule has 0 fully saturated rings. The van der Waals surface area contributed by atoms with Gasteiger partial charge in [-0.25, -0.2) is 8.42 Å². The van der Waals surface area contributed by atoms with E-state index in [2.05, 4.69) is 0 Å². The van der Waals surface area contributed by atoms with Gasteiger partial charge in [-0.2, -0.15) is 17.5 Å².